The quantitative estimate of drug-likeness (QED) is 0.518. The first kappa shape index (κ1) is 15.5. The van der Waals surface area contributed by atoms with Gasteiger partial charge in [-0.3, -0.25) is 0 Å². The Morgan fingerprint density at radius 2 is 1.85 bits per heavy atom. The minimum Gasteiger partial charge on any atom is -0.467 e. The van der Waals surface area contributed by atoms with Crippen LogP contribution in [-0.2, 0) is 6.54 Å². The van der Waals surface area contributed by atoms with Gasteiger partial charge in [-0.1, -0.05) is 17.3 Å². The van der Waals surface area contributed by atoms with Gasteiger partial charge in [-0.05, 0) is 48.5 Å². The van der Waals surface area contributed by atoms with E-state index < -0.39 is 0 Å². The Labute approximate surface area is 153 Å². The summed E-state index contributed by atoms with van der Waals surface area (Å²) in [5.41, 5.74) is 2.83. The number of hydrogen-bond donors (Lipinski definition) is 1. The van der Waals surface area contributed by atoms with E-state index in [2.05, 4.69) is 15.6 Å². The number of hydrogen-bond acceptors (Lipinski definition) is 5. The van der Waals surface area contributed by atoms with E-state index >= 15 is 0 Å². The maximum atomic E-state index is 13.3. The van der Waals surface area contributed by atoms with E-state index in [-0.39, 0.29) is 5.82 Å². The van der Waals surface area contributed by atoms with Crippen LogP contribution in [0.3, 0.4) is 0 Å². The molecule has 0 spiro atoms. The monoisotopic (exact) mass is 359 g/mol. The third-order valence-corrected chi connectivity index (χ3v) is 4.38. The number of rotatable bonds is 4. The summed E-state index contributed by atoms with van der Waals surface area (Å²) in [6.45, 7) is 0.508. The maximum absolute atomic E-state index is 13.3. The molecule has 1 N–H and O–H groups in total. The van der Waals surface area contributed by atoms with Gasteiger partial charge >= 0.3 is 0 Å². The number of nitrogens with zero attached hydrogens (tertiary/aromatic N) is 4. The fraction of sp³-hybridized carbons (Fsp3) is 0.0500. The third kappa shape index (κ3) is 2.69. The molecule has 27 heavy (non-hydrogen) atoms. The maximum Gasteiger partial charge on any atom is 0.186 e. The fourth-order valence-corrected chi connectivity index (χ4v) is 3.08. The van der Waals surface area contributed by atoms with Crippen molar-refractivity contribution in [1.29, 1.82) is 0 Å². The lowest BCUT2D eigenvalue weighted by Crippen LogP contribution is -2.04. The molecule has 0 bridgehead atoms. The summed E-state index contributed by atoms with van der Waals surface area (Å²) >= 11 is 0. The van der Waals surface area contributed by atoms with Crippen molar-refractivity contribution in [2.45, 2.75) is 6.54 Å². The number of benzene rings is 2. The van der Waals surface area contributed by atoms with Crippen LogP contribution in [0.25, 0.3) is 27.8 Å². The number of para-hydroxylation sites is 1. The molecule has 0 atom stereocenters. The minimum atomic E-state index is -0.297. The van der Waals surface area contributed by atoms with Crippen molar-refractivity contribution in [3.8, 4) is 11.3 Å². The lowest BCUT2D eigenvalue weighted by Gasteiger charge is -2.09. The predicted octanol–water partition coefficient (Wildman–Crippen LogP) is 4.29. The number of fused-ring (bicyclic) bond motifs is 3. The smallest absolute Gasteiger partial charge is 0.186 e. The van der Waals surface area contributed by atoms with E-state index in [0.29, 0.717) is 23.7 Å². The van der Waals surface area contributed by atoms with Gasteiger partial charge in [0.2, 0.25) is 0 Å². The second-order valence-corrected chi connectivity index (χ2v) is 6.09. The third-order valence-electron chi connectivity index (χ3n) is 4.38. The summed E-state index contributed by atoms with van der Waals surface area (Å²) < 4.78 is 20.4. The van der Waals surface area contributed by atoms with Crippen molar-refractivity contribution in [1.82, 2.24) is 19.8 Å². The highest BCUT2D eigenvalue weighted by Crippen LogP contribution is 2.28. The molecule has 0 amide bonds. The van der Waals surface area contributed by atoms with Crippen LogP contribution < -0.4 is 5.32 Å². The van der Waals surface area contributed by atoms with Crippen molar-refractivity contribution in [2.24, 2.45) is 0 Å². The normalized spacial score (nSPS) is 11.3. The van der Waals surface area contributed by atoms with Crippen molar-refractivity contribution < 1.29 is 8.81 Å². The predicted molar refractivity (Wildman–Crippen MR) is 99.7 cm³/mol. The van der Waals surface area contributed by atoms with Crippen LogP contribution in [0.1, 0.15) is 5.76 Å². The molecule has 0 radical (unpaired) electrons. The average Bonchev–Trinajstić information content (AvgIpc) is 3.37. The van der Waals surface area contributed by atoms with Crippen LogP contribution in [0.5, 0.6) is 0 Å². The van der Waals surface area contributed by atoms with Crippen LogP contribution in [-0.4, -0.2) is 19.8 Å². The molecule has 0 saturated carbocycles. The fourth-order valence-electron chi connectivity index (χ4n) is 3.08. The van der Waals surface area contributed by atoms with Crippen LogP contribution >= 0.6 is 0 Å². The Balaban J connectivity index is 1.68. The van der Waals surface area contributed by atoms with Gasteiger partial charge in [0, 0.05) is 10.9 Å². The van der Waals surface area contributed by atoms with E-state index in [1.54, 1.807) is 22.9 Å². The first-order valence-electron chi connectivity index (χ1n) is 8.46. The lowest BCUT2D eigenvalue weighted by atomic mass is 10.1. The van der Waals surface area contributed by atoms with Crippen LogP contribution in [0.2, 0.25) is 0 Å². The van der Waals surface area contributed by atoms with Crippen molar-refractivity contribution >= 4 is 22.4 Å². The molecule has 2 aromatic carbocycles. The highest BCUT2D eigenvalue weighted by molar-refractivity contribution is 5.93. The lowest BCUT2D eigenvalue weighted by molar-refractivity contribution is 0.518. The van der Waals surface area contributed by atoms with Gasteiger partial charge in [0.1, 0.15) is 23.1 Å². The number of furan rings is 1. The summed E-state index contributed by atoms with van der Waals surface area (Å²) in [5, 5.41) is 12.8. The Hall–Kier alpha value is -3.74. The molecule has 5 aromatic rings. The van der Waals surface area contributed by atoms with E-state index in [1.165, 1.54) is 12.1 Å². The van der Waals surface area contributed by atoms with Crippen LogP contribution in [0, 0.1) is 5.82 Å². The van der Waals surface area contributed by atoms with Gasteiger partial charge in [0.15, 0.2) is 5.65 Å². The number of nitrogens with one attached hydrogen (secondary N) is 1. The second kappa shape index (κ2) is 6.21. The molecule has 0 fully saturated rings. The van der Waals surface area contributed by atoms with E-state index in [1.807, 2.05) is 36.4 Å². The van der Waals surface area contributed by atoms with Gasteiger partial charge in [-0.25, -0.2) is 9.37 Å². The molecule has 0 aliphatic rings. The summed E-state index contributed by atoms with van der Waals surface area (Å²) in [6, 6.07) is 17.7. The first-order chi connectivity index (χ1) is 13.3. The van der Waals surface area contributed by atoms with E-state index in [0.717, 1.165) is 22.2 Å². The zero-order valence-electron chi connectivity index (χ0n) is 14.1. The molecule has 3 heterocycles. The van der Waals surface area contributed by atoms with E-state index in [4.69, 9.17) is 9.40 Å². The largest absolute Gasteiger partial charge is 0.467 e. The summed E-state index contributed by atoms with van der Waals surface area (Å²) in [6.07, 6.45) is 1.64. The highest BCUT2D eigenvalue weighted by atomic mass is 19.1. The van der Waals surface area contributed by atoms with Gasteiger partial charge in [-0.15, -0.1) is 5.10 Å². The second-order valence-electron chi connectivity index (χ2n) is 6.09. The first-order valence-corrected chi connectivity index (χ1v) is 8.46. The zero-order chi connectivity index (χ0) is 18.2. The number of anilines is 1. The molecule has 0 aliphatic heterocycles. The van der Waals surface area contributed by atoms with Crippen molar-refractivity contribution in [3.63, 3.8) is 0 Å². The van der Waals surface area contributed by atoms with Gasteiger partial charge in [0.25, 0.3) is 0 Å². The molecule has 5 rings (SSSR count). The molecular formula is C20H14FN5O. The van der Waals surface area contributed by atoms with Gasteiger partial charge < -0.3 is 9.73 Å². The molecule has 0 aliphatic carbocycles. The molecule has 0 unspecified atom stereocenters. The standard InChI is InChI=1S/C20H14FN5O/c21-14-9-7-13(8-10-14)18-20-23-19(22-12-15-4-3-11-27-15)16-5-1-2-6-17(16)26(20)25-24-18/h1-11H,12H2,(H,22,23). The molecule has 0 saturated heterocycles. The topological polar surface area (TPSA) is 68.2 Å². The molecule has 3 aromatic heterocycles. The SMILES string of the molecule is Fc1ccc(-c2nnn3c2nc(NCc2ccco2)c2ccccc23)cc1. The molecule has 7 heteroatoms. The Kier molecular flexibility index (Phi) is 3.57. The van der Waals surface area contributed by atoms with Crippen molar-refractivity contribution in [2.75, 3.05) is 5.32 Å². The van der Waals surface area contributed by atoms with Crippen LogP contribution in [0.4, 0.5) is 10.2 Å². The Morgan fingerprint density at radius 1 is 1.00 bits per heavy atom. The molecule has 6 nitrogen and oxygen atoms in total. The zero-order valence-corrected chi connectivity index (χ0v) is 14.1. The number of halogens is 1. The molecule has 132 valence electrons. The summed E-state index contributed by atoms with van der Waals surface area (Å²) in [7, 11) is 0. The van der Waals surface area contributed by atoms with Crippen molar-refractivity contribution in [3.05, 3.63) is 78.5 Å². The number of aromatic nitrogens is 4. The molecular weight excluding hydrogens is 345 g/mol. The minimum absolute atomic E-state index is 0.297. The van der Waals surface area contributed by atoms with Gasteiger partial charge in [0.05, 0.1) is 18.3 Å². The Bertz CT molecular complexity index is 1230. The van der Waals surface area contributed by atoms with Gasteiger partial charge in [-0.2, -0.15) is 4.52 Å². The highest BCUT2D eigenvalue weighted by Gasteiger charge is 2.15. The summed E-state index contributed by atoms with van der Waals surface area (Å²) in [5.74, 6) is 1.22. The summed E-state index contributed by atoms with van der Waals surface area (Å²) in [4.78, 5) is 4.75. The Morgan fingerprint density at radius 3 is 2.67 bits per heavy atom. The van der Waals surface area contributed by atoms with E-state index in [9.17, 15) is 4.39 Å². The average molecular weight is 359 g/mol. The van der Waals surface area contributed by atoms with Crippen LogP contribution in [0.15, 0.2) is 71.3 Å².